The number of aromatic nitrogens is 2. The van der Waals surface area contributed by atoms with Crippen LogP contribution in [0.4, 0.5) is 26.3 Å². The van der Waals surface area contributed by atoms with Gasteiger partial charge >= 0.3 is 18.2 Å². The molecule has 0 spiro atoms. The second-order valence-electron chi connectivity index (χ2n) is 3.56. The molecule has 1 heterocycles. The normalized spacial score (nSPS) is 11.3. The van der Waals surface area contributed by atoms with E-state index in [0.717, 1.165) is 0 Å². The molecule has 1 aromatic heterocycles. The number of carbonyl (C=O) groups is 1. The fraction of sp³-hybridized carbons (Fsp3) is 0.400. The molecule has 0 amide bonds. The summed E-state index contributed by atoms with van der Waals surface area (Å²) in [5, 5.41) is 3.29. The number of ether oxygens (including phenoxy) is 1. The van der Waals surface area contributed by atoms with E-state index < -0.39 is 49.2 Å². The maximum Gasteiger partial charge on any atom is 0.419 e. The van der Waals surface area contributed by atoms with Crippen molar-refractivity contribution in [1.29, 1.82) is 0 Å². The van der Waals surface area contributed by atoms with Gasteiger partial charge in [-0.1, -0.05) is 0 Å². The van der Waals surface area contributed by atoms with E-state index in [2.05, 4.69) is 9.84 Å². The van der Waals surface area contributed by atoms with Gasteiger partial charge in [-0.15, -0.1) is 0 Å². The summed E-state index contributed by atoms with van der Waals surface area (Å²) < 4.78 is 77.4. The van der Waals surface area contributed by atoms with E-state index in [1.165, 1.54) is 0 Å². The summed E-state index contributed by atoms with van der Waals surface area (Å²) in [5.41, 5.74) is -1.04. The third kappa shape index (κ3) is 4.94. The van der Waals surface area contributed by atoms with Crippen LogP contribution in [-0.4, -0.2) is 22.4 Å². The molecule has 0 saturated heterocycles. The minimum absolute atomic E-state index is 0.522. The predicted molar refractivity (Wildman–Crippen MR) is 53.2 cm³/mol. The van der Waals surface area contributed by atoms with Crippen molar-refractivity contribution in [2.45, 2.75) is 19.1 Å². The molecule has 0 aliphatic carbocycles. The first-order valence-corrected chi connectivity index (χ1v) is 5.15. The van der Waals surface area contributed by atoms with Gasteiger partial charge in [-0.3, -0.25) is 9.48 Å². The Bertz CT molecular complexity index is 504. The number of carbonyl (C=O) groups excluding carboxylic acids is 1. The second-order valence-corrected chi connectivity index (χ2v) is 3.56. The molecule has 10 heteroatoms. The van der Waals surface area contributed by atoms with Crippen molar-refractivity contribution in [2.24, 2.45) is 0 Å². The monoisotopic (exact) mass is 302 g/mol. The Labute approximate surface area is 108 Å². The van der Waals surface area contributed by atoms with E-state index >= 15 is 0 Å². The van der Waals surface area contributed by atoms with Crippen LogP contribution in [0.3, 0.4) is 0 Å². The number of hydrogen-bond acceptors (Lipinski definition) is 3. The van der Waals surface area contributed by atoms with E-state index in [1.54, 1.807) is 0 Å². The molecule has 0 N–H and O–H groups in total. The number of rotatable bonds is 5. The molecule has 0 radical (unpaired) electrons. The van der Waals surface area contributed by atoms with Crippen molar-refractivity contribution in [1.82, 2.24) is 9.78 Å². The first kappa shape index (κ1) is 16.1. The molecular formula is C10H8F6N2O2. The summed E-state index contributed by atoms with van der Waals surface area (Å²) in [6.45, 7) is -1.28. The molecule has 0 aliphatic rings. The summed E-state index contributed by atoms with van der Waals surface area (Å²) >= 11 is 0. The second kappa shape index (κ2) is 6.44. The van der Waals surface area contributed by atoms with Crippen molar-refractivity contribution < 1.29 is 35.9 Å². The SMILES string of the molecule is O=C(Cn1cc(C(F)(F)F)cn1)OCCC(F)=C(F)F. The number of nitrogens with zero attached hydrogens (tertiary/aromatic N) is 2. The molecule has 0 atom stereocenters. The molecule has 0 bridgehead atoms. The van der Waals surface area contributed by atoms with Crippen LogP contribution in [0, 0.1) is 0 Å². The average Bonchev–Trinajstić information content (AvgIpc) is 2.76. The van der Waals surface area contributed by atoms with Gasteiger partial charge < -0.3 is 4.74 Å². The van der Waals surface area contributed by atoms with Crippen LogP contribution in [0.15, 0.2) is 24.3 Å². The van der Waals surface area contributed by atoms with Gasteiger partial charge in [0.1, 0.15) is 6.54 Å². The van der Waals surface area contributed by atoms with Gasteiger partial charge in [0.15, 0.2) is 5.83 Å². The Hall–Kier alpha value is -2.00. The highest BCUT2D eigenvalue weighted by atomic mass is 19.4. The van der Waals surface area contributed by atoms with Gasteiger partial charge in [-0.25, -0.2) is 4.39 Å². The van der Waals surface area contributed by atoms with E-state index in [-0.39, 0.29) is 0 Å². The van der Waals surface area contributed by atoms with Crippen molar-refractivity contribution in [3.8, 4) is 0 Å². The van der Waals surface area contributed by atoms with Gasteiger partial charge in [0, 0.05) is 12.6 Å². The van der Waals surface area contributed by atoms with Crippen molar-refractivity contribution in [2.75, 3.05) is 6.61 Å². The number of halogens is 6. The average molecular weight is 302 g/mol. The molecule has 1 rings (SSSR count). The Morgan fingerprint density at radius 3 is 2.45 bits per heavy atom. The third-order valence-electron chi connectivity index (χ3n) is 2.04. The van der Waals surface area contributed by atoms with Gasteiger partial charge in [0.25, 0.3) is 0 Å². The van der Waals surface area contributed by atoms with E-state index in [0.29, 0.717) is 17.1 Å². The van der Waals surface area contributed by atoms with E-state index in [4.69, 9.17) is 0 Å². The Kier molecular flexibility index (Phi) is 5.17. The predicted octanol–water partition coefficient (Wildman–Crippen LogP) is 2.91. The molecule has 112 valence electrons. The summed E-state index contributed by atoms with van der Waals surface area (Å²) in [6.07, 6.45) is -6.80. The van der Waals surface area contributed by atoms with Gasteiger partial charge in [0.05, 0.1) is 18.4 Å². The Morgan fingerprint density at radius 2 is 1.95 bits per heavy atom. The highest BCUT2D eigenvalue weighted by molar-refractivity contribution is 5.69. The molecule has 20 heavy (non-hydrogen) atoms. The maximum atomic E-state index is 12.3. The number of alkyl halides is 3. The minimum Gasteiger partial charge on any atom is -0.464 e. The maximum absolute atomic E-state index is 12.3. The lowest BCUT2D eigenvalue weighted by Gasteiger charge is -2.04. The highest BCUT2D eigenvalue weighted by Gasteiger charge is 2.32. The zero-order valence-electron chi connectivity index (χ0n) is 9.75. The van der Waals surface area contributed by atoms with Crippen LogP contribution in [-0.2, 0) is 22.3 Å². The minimum atomic E-state index is -4.59. The molecule has 0 saturated carbocycles. The molecule has 1 aromatic rings. The molecule has 0 unspecified atom stereocenters. The lowest BCUT2D eigenvalue weighted by atomic mass is 10.4. The third-order valence-corrected chi connectivity index (χ3v) is 2.04. The molecule has 0 aliphatic heterocycles. The van der Waals surface area contributed by atoms with Gasteiger partial charge in [-0.05, 0) is 0 Å². The molecule has 0 fully saturated rings. The summed E-state index contributed by atoms with van der Waals surface area (Å²) in [6, 6.07) is 0. The van der Waals surface area contributed by atoms with Crippen LogP contribution in [0.5, 0.6) is 0 Å². The number of esters is 1. The lowest BCUT2D eigenvalue weighted by Crippen LogP contribution is -2.15. The van der Waals surface area contributed by atoms with Crippen LogP contribution >= 0.6 is 0 Å². The lowest BCUT2D eigenvalue weighted by molar-refractivity contribution is -0.145. The van der Waals surface area contributed by atoms with E-state index in [9.17, 15) is 31.1 Å². The quantitative estimate of drug-likeness (QED) is 0.620. The summed E-state index contributed by atoms with van der Waals surface area (Å²) in [5.74, 6) is -2.73. The molecular weight excluding hydrogens is 294 g/mol. The zero-order chi connectivity index (χ0) is 15.3. The van der Waals surface area contributed by atoms with Gasteiger partial charge in [-0.2, -0.15) is 27.1 Å². The topological polar surface area (TPSA) is 44.1 Å². The smallest absolute Gasteiger partial charge is 0.419 e. The Morgan fingerprint density at radius 1 is 1.30 bits per heavy atom. The summed E-state index contributed by atoms with van der Waals surface area (Å²) in [4.78, 5) is 11.1. The van der Waals surface area contributed by atoms with E-state index in [1.807, 2.05) is 0 Å². The number of hydrogen-bond donors (Lipinski definition) is 0. The fourth-order valence-electron chi connectivity index (χ4n) is 1.12. The standard InChI is InChI=1S/C10H8F6N2O2/c11-7(9(12)13)1-2-20-8(19)5-18-4-6(3-17-18)10(14,15)16/h3-4H,1-2,5H2. The fourth-order valence-corrected chi connectivity index (χ4v) is 1.12. The summed E-state index contributed by atoms with van der Waals surface area (Å²) in [7, 11) is 0. The van der Waals surface area contributed by atoms with Crippen LogP contribution in [0.1, 0.15) is 12.0 Å². The van der Waals surface area contributed by atoms with Crippen molar-refractivity contribution >= 4 is 5.97 Å². The van der Waals surface area contributed by atoms with Crippen molar-refractivity contribution in [3.63, 3.8) is 0 Å². The zero-order valence-corrected chi connectivity index (χ0v) is 9.75. The first-order chi connectivity index (χ1) is 9.20. The van der Waals surface area contributed by atoms with Crippen LogP contribution in [0.25, 0.3) is 0 Å². The van der Waals surface area contributed by atoms with Crippen LogP contribution in [0.2, 0.25) is 0 Å². The molecule has 0 aromatic carbocycles. The first-order valence-electron chi connectivity index (χ1n) is 5.15. The van der Waals surface area contributed by atoms with Gasteiger partial charge in [0.2, 0.25) is 0 Å². The molecule has 4 nitrogen and oxygen atoms in total. The highest BCUT2D eigenvalue weighted by Crippen LogP contribution is 2.28. The largest absolute Gasteiger partial charge is 0.464 e. The van der Waals surface area contributed by atoms with Crippen LogP contribution < -0.4 is 0 Å². The Balaban J connectivity index is 2.44. The van der Waals surface area contributed by atoms with Crippen molar-refractivity contribution in [3.05, 3.63) is 29.9 Å².